The van der Waals surface area contributed by atoms with Crippen molar-refractivity contribution in [1.82, 2.24) is 14.9 Å². The maximum atomic E-state index is 11.9. The Morgan fingerprint density at radius 2 is 2.00 bits per heavy atom. The molecule has 1 fully saturated rings. The number of hydrogen-bond donors (Lipinski definition) is 1. The first-order valence-electron chi connectivity index (χ1n) is 6.62. The molecule has 0 bridgehead atoms. The Hall–Kier alpha value is -2.05. The molecule has 1 aliphatic rings. The number of rotatable bonds is 2. The highest BCUT2D eigenvalue weighted by molar-refractivity contribution is 5.72. The molecule has 110 valence electrons. The van der Waals surface area contributed by atoms with Crippen LogP contribution in [0.25, 0.3) is 0 Å². The predicted octanol–water partition coefficient (Wildman–Crippen LogP) is 1.28. The molecule has 2 rings (SSSR count). The SMILES string of the molecule is CC(C)(C)OC(=O)N1CCN(c2nc(C=O)c[nH]2)CC1. The normalized spacial score (nSPS) is 16.1. The lowest BCUT2D eigenvalue weighted by molar-refractivity contribution is 0.0240. The molecule has 1 aromatic heterocycles. The molecule has 0 aromatic carbocycles. The maximum absolute atomic E-state index is 11.9. The Balaban J connectivity index is 1.89. The van der Waals surface area contributed by atoms with Crippen LogP contribution in [0.1, 0.15) is 31.3 Å². The zero-order chi connectivity index (χ0) is 14.8. The molecular weight excluding hydrogens is 260 g/mol. The van der Waals surface area contributed by atoms with Gasteiger partial charge in [0.1, 0.15) is 11.3 Å². The first kappa shape index (κ1) is 14.4. The highest BCUT2D eigenvalue weighted by Crippen LogP contribution is 2.15. The van der Waals surface area contributed by atoms with Gasteiger partial charge in [0.15, 0.2) is 6.29 Å². The summed E-state index contributed by atoms with van der Waals surface area (Å²) in [4.78, 5) is 33.3. The Bertz CT molecular complexity index is 484. The summed E-state index contributed by atoms with van der Waals surface area (Å²) in [6.45, 7) is 8.02. The predicted molar refractivity (Wildman–Crippen MR) is 74.0 cm³/mol. The van der Waals surface area contributed by atoms with Gasteiger partial charge in [0.05, 0.1) is 0 Å². The molecule has 7 nitrogen and oxygen atoms in total. The minimum absolute atomic E-state index is 0.287. The second-order valence-electron chi connectivity index (χ2n) is 5.72. The van der Waals surface area contributed by atoms with E-state index in [1.54, 1.807) is 11.1 Å². The van der Waals surface area contributed by atoms with E-state index < -0.39 is 5.60 Å². The van der Waals surface area contributed by atoms with E-state index in [1.807, 2.05) is 25.7 Å². The summed E-state index contributed by atoms with van der Waals surface area (Å²) in [6, 6.07) is 0. The third-order valence-corrected chi connectivity index (χ3v) is 2.94. The number of aldehydes is 1. The van der Waals surface area contributed by atoms with Crippen LogP contribution < -0.4 is 4.90 Å². The zero-order valence-electron chi connectivity index (χ0n) is 12.0. The highest BCUT2D eigenvalue weighted by atomic mass is 16.6. The summed E-state index contributed by atoms with van der Waals surface area (Å²) in [5.74, 6) is 0.663. The molecule has 1 saturated heterocycles. The Kier molecular flexibility index (Phi) is 3.96. The number of aromatic nitrogens is 2. The van der Waals surface area contributed by atoms with Crippen LogP contribution in [0.15, 0.2) is 6.20 Å². The molecule has 1 N–H and O–H groups in total. The summed E-state index contributed by atoms with van der Waals surface area (Å²) >= 11 is 0. The van der Waals surface area contributed by atoms with Crippen LogP contribution in [-0.2, 0) is 4.74 Å². The van der Waals surface area contributed by atoms with Gasteiger partial charge in [0.2, 0.25) is 5.95 Å². The quantitative estimate of drug-likeness (QED) is 0.826. The lowest BCUT2D eigenvalue weighted by Gasteiger charge is -2.35. The van der Waals surface area contributed by atoms with E-state index >= 15 is 0 Å². The van der Waals surface area contributed by atoms with Crippen molar-refractivity contribution in [2.24, 2.45) is 0 Å². The minimum Gasteiger partial charge on any atom is -0.444 e. The van der Waals surface area contributed by atoms with Gasteiger partial charge in [-0.15, -0.1) is 0 Å². The van der Waals surface area contributed by atoms with Crippen molar-refractivity contribution in [1.29, 1.82) is 0 Å². The number of carbonyl (C=O) groups is 2. The number of anilines is 1. The topological polar surface area (TPSA) is 78.5 Å². The van der Waals surface area contributed by atoms with E-state index in [2.05, 4.69) is 9.97 Å². The third-order valence-electron chi connectivity index (χ3n) is 2.94. The summed E-state index contributed by atoms with van der Waals surface area (Å²) in [5.41, 5.74) is -0.0942. The molecule has 1 aromatic rings. The van der Waals surface area contributed by atoms with Gasteiger partial charge in [-0.3, -0.25) is 4.79 Å². The molecule has 20 heavy (non-hydrogen) atoms. The van der Waals surface area contributed by atoms with Crippen molar-refractivity contribution in [3.8, 4) is 0 Å². The molecule has 0 atom stereocenters. The van der Waals surface area contributed by atoms with Crippen molar-refractivity contribution in [2.75, 3.05) is 31.1 Å². The number of nitrogens with one attached hydrogen (secondary N) is 1. The van der Waals surface area contributed by atoms with Crippen LogP contribution >= 0.6 is 0 Å². The summed E-state index contributed by atoms with van der Waals surface area (Å²) in [7, 11) is 0. The van der Waals surface area contributed by atoms with Crippen LogP contribution in [0.3, 0.4) is 0 Å². The molecule has 1 amide bonds. The van der Waals surface area contributed by atoms with Gasteiger partial charge in [0, 0.05) is 32.4 Å². The fourth-order valence-corrected chi connectivity index (χ4v) is 1.98. The monoisotopic (exact) mass is 280 g/mol. The second kappa shape index (κ2) is 5.52. The number of piperazine rings is 1. The zero-order valence-corrected chi connectivity index (χ0v) is 12.0. The first-order chi connectivity index (χ1) is 9.39. The van der Waals surface area contributed by atoms with E-state index in [-0.39, 0.29) is 6.09 Å². The number of imidazole rings is 1. The molecule has 7 heteroatoms. The van der Waals surface area contributed by atoms with Crippen molar-refractivity contribution in [3.05, 3.63) is 11.9 Å². The largest absolute Gasteiger partial charge is 0.444 e. The van der Waals surface area contributed by atoms with Gasteiger partial charge in [-0.05, 0) is 20.8 Å². The molecule has 0 aliphatic carbocycles. The van der Waals surface area contributed by atoms with Crippen LogP contribution in [0.2, 0.25) is 0 Å². The van der Waals surface area contributed by atoms with E-state index in [0.29, 0.717) is 44.1 Å². The third kappa shape index (κ3) is 3.49. The van der Waals surface area contributed by atoms with Crippen molar-refractivity contribution < 1.29 is 14.3 Å². The van der Waals surface area contributed by atoms with Gasteiger partial charge in [-0.1, -0.05) is 0 Å². The number of amides is 1. The van der Waals surface area contributed by atoms with Crippen LogP contribution in [0.4, 0.5) is 10.7 Å². The molecule has 0 spiro atoms. The molecular formula is C13H20N4O3. The van der Waals surface area contributed by atoms with Crippen molar-refractivity contribution >= 4 is 18.3 Å². The van der Waals surface area contributed by atoms with Gasteiger partial charge < -0.3 is 19.5 Å². The lowest BCUT2D eigenvalue weighted by atomic mass is 10.2. The van der Waals surface area contributed by atoms with Gasteiger partial charge in [0.25, 0.3) is 0 Å². The fourth-order valence-electron chi connectivity index (χ4n) is 1.98. The Morgan fingerprint density at radius 3 is 2.50 bits per heavy atom. The fraction of sp³-hybridized carbons (Fsp3) is 0.615. The Morgan fingerprint density at radius 1 is 1.35 bits per heavy atom. The number of hydrogen-bond acceptors (Lipinski definition) is 5. The molecule has 1 aliphatic heterocycles. The second-order valence-corrected chi connectivity index (χ2v) is 5.72. The van der Waals surface area contributed by atoms with Gasteiger partial charge >= 0.3 is 6.09 Å². The molecule has 0 radical (unpaired) electrons. The number of ether oxygens (including phenoxy) is 1. The Labute approximate surface area is 117 Å². The summed E-state index contributed by atoms with van der Waals surface area (Å²) in [5, 5.41) is 0. The van der Waals surface area contributed by atoms with E-state index in [1.165, 1.54) is 0 Å². The van der Waals surface area contributed by atoms with Gasteiger partial charge in [-0.2, -0.15) is 0 Å². The average Bonchev–Trinajstić information content (AvgIpc) is 2.85. The average molecular weight is 280 g/mol. The van der Waals surface area contributed by atoms with Gasteiger partial charge in [-0.25, -0.2) is 9.78 Å². The standard InChI is InChI=1S/C13H20N4O3/c1-13(2,3)20-12(19)17-6-4-16(5-7-17)11-14-8-10(9-18)15-11/h8-9H,4-7H2,1-3H3,(H,14,15). The number of carbonyl (C=O) groups excluding carboxylic acids is 2. The number of nitrogens with zero attached hydrogens (tertiary/aromatic N) is 3. The highest BCUT2D eigenvalue weighted by Gasteiger charge is 2.26. The summed E-state index contributed by atoms with van der Waals surface area (Å²) in [6.07, 6.45) is 1.99. The minimum atomic E-state index is -0.478. The lowest BCUT2D eigenvalue weighted by Crippen LogP contribution is -2.50. The van der Waals surface area contributed by atoms with Crippen LogP contribution in [-0.4, -0.2) is 59.0 Å². The van der Waals surface area contributed by atoms with Crippen LogP contribution in [0, 0.1) is 0 Å². The first-order valence-corrected chi connectivity index (χ1v) is 6.62. The smallest absolute Gasteiger partial charge is 0.410 e. The van der Waals surface area contributed by atoms with Crippen LogP contribution in [0.5, 0.6) is 0 Å². The van der Waals surface area contributed by atoms with Crippen molar-refractivity contribution in [3.63, 3.8) is 0 Å². The molecule has 0 saturated carbocycles. The van der Waals surface area contributed by atoms with E-state index in [0.717, 1.165) is 0 Å². The maximum Gasteiger partial charge on any atom is 0.410 e. The summed E-state index contributed by atoms with van der Waals surface area (Å²) < 4.78 is 5.34. The van der Waals surface area contributed by atoms with E-state index in [4.69, 9.17) is 4.74 Å². The van der Waals surface area contributed by atoms with Crippen molar-refractivity contribution in [2.45, 2.75) is 26.4 Å². The molecule has 2 heterocycles. The number of aromatic amines is 1. The van der Waals surface area contributed by atoms with E-state index in [9.17, 15) is 9.59 Å². The number of H-pyrrole nitrogens is 1. The molecule has 0 unspecified atom stereocenters.